The smallest absolute Gasteiger partial charge is 0.191 e. The van der Waals surface area contributed by atoms with Gasteiger partial charge in [0.15, 0.2) is 5.96 Å². The van der Waals surface area contributed by atoms with Gasteiger partial charge in [0.25, 0.3) is 0 Å². The number of halogens is 2. The highest BCUT2D eigenvalue weighted by Crippen LogP contribution is 2.17. The molecule has 3 aromatic rings. The first kappa shape index (κ1) is 21.7. The van der Waals surface area contributed by atoms with Crippen LogP contribution in [0.1, 0.15) is 23.6 Å². The number of fused-ring (bicyclic) bond motifs is 1. The van der Waals surface area contributed by atoms with E-state index in [-0.39, 0.29) is 36.3 Å². The Morgan fingerprint density at radius 2 is 2.00 bits per heavy atom. The minimum atomic E-state index is -0.354. The predicted octanol–water partition coefficient (Wildman–Crippen LogP) is 4.09. The molecule has 0 amide bonds. The van der Waals surface area contributed by atoms with Gasteiger partial charge in [-0.3, -0.25) is 0 Å². The number of nitrogens with one attached hydrogen (secondary N) is 3. The fraction of sp³-hybridized carbons (Fsp3) is 0.238. The number of aromatic nitrogens is 1. The van der Waals surface area contributed by atoms with E-state index in [0.717, 1.165) is 11.9 Å². The molecule has 0 unspecified atom stereocenters. The van der Waals surface area contributed by atoms with Gasteiger partial charge < -0.3 is 15.6 Å². The number of aromatic amines is 1. The molecule has 5 nitrogen and oxygen atoms in total. The Kier molecular flexibility index (Phi) is 8.26. The molecule has 1 aromatic heterocycles. The van der Waals surface area contributed by atoms with Gasteiger partial charge in [-0.1, -0.05) is 18.2 Å². The van der Waals surface area contributed by atoms with Gasteiger partial charge in [0.05, 0.1) is 18.2 Å². The fourth-order valence-corrected chi connectivity index (χ4v) is 2.93. The summed E-state index contributed by atoms with van der Waals surface area (Å²) in [5, 5.41) is 16.6. The van der Waals surface area contributed by atoms with Crippen molar-refractivity contribution in [2.45, 2.75) is 19.9 Å². The summed E-state index contributed by atoms with van der Waals surface area (Å²) in [6.45, 7) is 3.56. The number of guanidine groups is 1. The van der Waals surface area contributed by atoms with Gasteiger partial charge in [-0.05, 0) is 43.2 Å². The lowest BCUT2D eigenvalue weighted by molar-refractivity contribution is 0.610. The number of aliphatic imine (C=N–C) groups is 1. The predicted molar refractivity (Wildman–Crippen MR) is 121 cm³/mol. The standard InChI is InChI=1S/C21H22FN5.HI/c1-2-24-21(27-14-17-11-15(12-23)7-8-19(17)22)25-10-9-16-13-26-20-6-4-3-5-18(16)20;/h3-8,11,13,26H,2,9-10,14H2,1H3,(H2,24,25,27);1H. The molecule has 0 fully saturated rings. The Hall–Kier alpha value is -2.60. The van der Waals surface area contributed by atoms with Crippen LogP contribution in [0.2, 0.25) is 0 Å². The largest absolute Gasteiger partial charge is 0.361 e. The van der Waals surface area contributed by atoms with Gasteiger partial charge in [0.2, 0.25) is 0 Å². The van der Waals surface area contributed by atoms with Crippen molar-refractivity contribution in [2.75, 3.05) is 13.1 Å². The van der Waals surface area contributed by atoms with Gasteiger partial charge in [-0.15, -0.1) is 24.0 Å². The van der Waals surface area contributed by atoms with Crippen LogP contribution >= 0.6 is 24.0 Å². The minimum Gasteiger partial charge on any atom is -0.361 e. The fourth-order valence-electron chi connectivity index (χ4n) is 2.93. The maximum atomic E-state index is 13.9. The molecule has 1 heterocycles. The third kappa shape index (κ3) is 5.45. The zero-order chi connectivity index (χ0) is 19.1. The molecule has 0 aliphatic heterocycles. The quantitative estimate of drug-likeness (QED) is 0.276. The molecule has 0 atom stereocenters. The molecule has 0 saturated carbocycles. The zero-order valence-electron chi connectivity index (χ0n) is 15.6. The molecule has 0 bridgehead atoms. The Labute approximate surface area is 181 Å². The lowest BCUT2D eigenvalue weighted by Crippen LogP contribution is -2.38. The maximum Gasteiger partial charge on any atom is 0.191 e. The molecule has 3 rings (SSSR count). The van der Waals surface area contributed by atoms with Crippen LogP contribution in [0.4, 0.5) is 4.39 Å². The third-order valence-electron chi connectivity index (χ3n) is 4.29. The van der Waals surface area contributed by atoms with E-state index in [0.29, 0.717) is 30.2 Å². The monoisotopic (exact) mass is 491 g/mol. The lowest BCUT2D eigenvalue weighted by Gasteiger charge is -2.11. The molecule has 0 spiro atoms. The highest BCUT2D eigenvalue weighted by atomic mass is 127. The Bertz CT molecular complexity index is 990. The maximum absolute atomic E-state index is 13.9. The Morgan fingerprint density at radius 1 is 1.18 bits per heavy atom. The molecule has 2 aromatic carbocycles. The van der Waals surface area contributed by atoms with Crippen molar-refractivity contribution < 1.29 is 4.39 Å². The second kappa shape index (κ2) is 10.7. The molecular formula is C21H23FIN5. The first-order valence-electron chi connectivity index (χ1n) is 8.97. The van der Waals surface area contributed by atoms with E-state index in [2.05, 4.69) is 32.7 Å². The van der Waals surface area contributed by atoms with Gasteiger partial charge >= 0.3 is 0 Å². The first-order chi connectivity index (χ1) is 13.2. The second-order valence-electron chi connectivity index (χ2n) is 6.15. The van der Waals surface area contributed by atoms with Gasteiger partial charge in [0, 0.05) is 35.8 Å². The van der Waals surface area contributed by atoms with Crippen LogP contribution in [0.3, 0.4) is 0 Å². The van der Waals surface area contributed by atoms with Crippen LogP contribution < -0.4 is 10.6 Å². The minimum absolute atomic E-state index is 0. The summed E-state index contributed by atoms with van der Waals surface area (Å²) in [5.74, 6) is 0.270. The summed E-state index contributed by atoms with van der Waals surface area (Å²) in [6.07, 6.45) is 2.87. The summed E-state index contributed by atoms with van der Waals surface area (Å²) in [7, 11) is 0. The van der Waals surface area contributed by atoms with Crippen molar-refractivity contribution in [1.82, 2.24) is 15.6 Å². The van der Waals surface area contributed by atoms with E-state index in [1.807, 2.05) is 31.3 Å². The van der Waals surface area contributed by atoms with E-state index in [9.17, 15) is 4.39 Å². The Morgan fingerprint density at radius 3 is 2.79 bits per heavy atom. The van der Waals surface area contributed by atoms with Gasteiger partial charge in [-0.2, -0.15) is 5.26 Å². The van der Waals surface area contributed by atoms with Crippen molar-refractivity contribution in [1.29, 1.82) is 5.26 Å². The second-order valence-corrected chi connectivity index (χ2v) is 6.15. The van der Waals surface area contributed by atoms with E-state index in [4.69, 9.17) is 5.26 Å². The van der Waals surface area contributed by atoms with E-state index < -0.39 is 0 Å². The number of rotatable bonds is 6. The summed E-state index contributed by atoms with van der Waals surface area (Å²) in [4.78, 5) is 7.71. The van der Waals surface area contributed by atoms with Crippen LogP contribution in [-0.4, -0.2) is 24.0 Å². The summed E-state index contributed by atoms with van der Waals surface area (Å²) < 4.78 is 13.9. The van der Waals surface area contributed by atoms with Crippen LogP contribution in [0.5, 0.6) is 0 Å². The highest BCUT2D eigenvalue weighted by Gasteiger charge is 2.06. The van der Waals surface area contributed by atoms with Crippen molar-refractivity contribution in [3.05, 3.63) is 71.2 Å². The van der Waals surface area contributed by atoms with E-state index in [1.54, 1.807) is 0 Å². The first-order valence-corrected chi connectivity index (χ1v) is 8.97. The average molecular weight is 491 g/mol. The topological polar surface area (TPSA) is 76.0 Å². The zero-order valence-corrected chi connectivity index (χ0v) is 18.0. The number of benzene rings is 2. The highest BCUT2D eigenvalue weighted by molar-refractivity contribution is 14.0. The molecule has 7 heteroatoms. The number of para-hydroxylation sites is 1. The molecule has 0 radical (unpaired) electrons. The SMILES string of the molecule is CCNC(=NCc1cc(C#N)ccc1F)NCCc1c[nH]c2ccccc12.I. The van der Waals surface area contributed by atoms with Crippen LogP contribution in [0, 0.1) is 17.1 Å². The number of hydrogen-bond donors (Lipinski definition) is 3. The number of nitrogens with zero attached hydrogens (tertiary/aromatic N) is 2. The van der Waals surface area contributed by atoms with Gasteiger partial charge in [0.1, 0.15) is 5.82 Å². The molecular weight excluding hydrogens is 468 g/mol. The summed E-state index contributed by atoms with van der Waals surface area (Å²) >= 11 is 0. The lowest BCUT2D eigenvalue weighted by atomic mass is 10.1. The van der Waals surface area contributed by atoms with Crippen molar-refractivity contribution in [2.24, 2.45) is 4.99 Å². The summed E-state index contributed by atoms with van der Waals surface area (Å²) in [5.41, 5.74) is 3.20. The molecule has 3 N–H and O–H groups in total. The average Bonchev–Trinajstić information content (AvgIpc) is 3.10. The summed E-state index contributed by atoms with van der Waals surface area (Å²) in [6, 6.07) is 14.5. The molecule has 146 valence electrons. The van der Waals surface area contributed by atoms with Crippen molar-refractivity contribution in [3.63, 3.8) is 0 Å². The van der Waals surface area contributed by atoms with Crippen molar-refractivity contribution >= 4 is 40.8 Å². The Balaban J connectivity index is 0.00000280. The molecule has 0 aliphatic carbocycles. The van der Waals surface area contributed by atoms with Crippen LogP contribution in [0.15, 0.2) is 53.7 Å². The van der Waals surface area contributed by atoms with Crippen LogP contribution in [-0.2, 0) is 13.0 Å². The molecule has 0 saturated heterocycles. The van der Waals surface area contributed by atoms with E-state index >= 15 is 0 Å². The molecule has 0 aliphatic rings. The van der Waals surface area contributed by atoms with Crippen LogP contribution in [0.25, 0.3) is 10.9 Å². The van der Waals surface area contributed by atoms with Gasteiger partial charge in [-0.25, -0.2) is 9.38 Å². The molecule has 28 heavy (non-hydrogen) atoms. The van der Waals surface area contributed by atoms with E-state index in [1.165, 1.54) is 29.1 Å². The van der Waals surface area contributed by atoms with Crippen molar-refractivity contribution in [3.8, 4) is 6.07 Å². The number of hydrogen-bond acceptors (Lipinski definition) is 2. The third-order valence-corrected chi connectivity index (χ3v) is 4.29. The number of H-pyrrole nitrogens is 1. The normalized spacial score (nSPS) is 11.0. The number of nitriles is 1.